The zero-order chi connectivity index (χ0) is 14.8. The van der Waals surface area contributed by atoms with Crippen molar-refractivity contribution in [1.82, 2.24) is 0 Å². The van der Waals surface area contributed by atoms with Crippen molar-refractivity contribution in [3.05, 3.63) is 18.2 Å². The number of rotatable bonds is 4. The monoisotopic (exact) mass is 276 g/mol. The number of ether oxygens (including phenoxy) is 1. The molecule has 2 N–H and O–H groups in total. The van der Waals surface area contributed by atoms with Crippen LogP contribution in [0.3, 0.4) is 0 Å². The van der Waals surface area contributed by atoms with Crippen LogP contribution in [0.1, 0.15) is 40.0 Å². The minimum atomic E-state index is -0.0673. The van der Waals surface area contributed by atoms with E-state index < -0.39 is 0 Å². The molecule has 0 bridgehead atoms. The largest absolute Gasteiger partial charge is 0.495 e. The second kappa shape index (κ2) is 5.73. The van der Waals surface area contributed by atoms with Crippen LogP contribution in [0.2, 0.25) is 0 Å². The average molecular weight is 276 g/mol. The molecule has 0 aliphatic heterocycles. The van der Waals surface area contributed by atoms with E-state index in [1.165, 1.54) is 26.2 Å². The maximum atomic E-state index is 11.2. The standard InChI is InChI=1S/C16H24N2O2/c1-11(19)17-12-7-8-14(20-4)13(10-12)18-15-6-5-9-16(15,2)3/h7-8,10,15,18H,5-6,9H2,1-4H3,(H,17,19). The van der Waals surface area contributed by atoms with Crippen LogP contribution in [-0.4, -0.2) is 19.1 Å². The highest BCUT2D eigenvalue weighted by Crippen LogP contribution is 2.40. The SMILES string of the molecule is COc1ccc(NC(C)=O)cc1NC1CCCC1(C)C. The number of benzene rings is 1. The molecule has 1 aliphatic carbocycles. The van der Waals surface area contributed by atoms with E-state index in [1.807, 2.05) is 18.2 Å². The van der Waals surface area contributed by atoms with Gasteiger partial charge in [-0.25, -0.2) is 0 Å². The first-order chi connectivity index (χ1) is 9.42. The maximum absolute atomic E-state index is 11.2. The fourth-order valence-corrected chi connectivity index (χ4v) is 2.88. The summed E-state index contributed by atoms with van der Waals surface area (Å²) in [4.78, 5) is 11.2. The van der Waals surface area contributed by atoms with E-state index in [0.717, 1.165) is 17.1 Å². The second-order valence-corrected chi connectivity index (χ2v) is 6.17. The Morgan fingerprint density at radius 2 is 2.15 bits per heavy atom. The number of nitrogens with one attached hydrogen (secondary N) is 2. The number of hydrogen-bond acceptors (Lipinski definition) is 3. The highest BCUT2D eigenvalue weighted by molar-refractivity contribution is 5.89. The maximum Gasteiger partial charge on any atom is 0.221 e. The van der Waals surface area contributed by atoms with Gasteiger partial charge in [-0.05, 0) is 36.5 Å². The second-order valence-electron chi connectivity index (χ2n) is 6.17. The first-order valence-electron chi connectivity index (χ1n) is 7.14. The van der Waals surface area contributed by atoms with Crippen LogP contribution >= 0.6 is 0 Å². The minimum Gasteiger partial charge on any atom is -0.495 e. The summed E-state index contributed by atoms with van der Waals surface area (Å²) in [5.74, 6) is 0.740. The molecule has 0 radical (unpaired) electrons. The molecule has 1 atom stereocenters. The Morgan fingerprint density at radius 3 is 2.70 bits per heavy atom. The molecule has 20 heavy (non-hydrogen) atoms. The van der Waals surface area contributed by atoms with Gasteiger partial charge < -0.3 is 15.4 Å². The lowest BCUT2D eigenvalue weighted by atomic mass is 9.87. The van der Waals surface area contributed by atoms with E-state index in [9.17, 15) is 4.79 Å². The van der Waals surface area contributed by atoms with E-state index >= 15 is 0 Å². The number of amides is 1. The minimum absolute atomic E-state index is 0.0673. The van der Waals surface area contributed by atoms with Gasteiger partial charge in [0, 0.05) is 18.7 Å². The normalized spacial score (nSPS) is 20.5. The third-order valence-corrected chi connectivity index (χ3v) is 4.11. The molecule has 4 heteroatoms. The summed E-state index contributed by atoms with van der Waals surface area (Å²) >= 11 is 0. The summed E-state index contributed by atoms with van der Waals surface area (Å²) in [5, 5.41) is 6.40. The van der Waals surface area contributed by atoms with Crippen molar-refractivity contribution < 1.29 is 9.53 Å². The summed E-state index contributed by atoms with van der Waals surface area (Å²) in [7, 11) is 1.67. The van der Waals surface area contributed by atoms with Crippen LogP contribution in [0.15, 0.2) is 18.2 Å². The molecule has 0 heterocycles. The van der Waals surface area contributed by atoms with Crippen molar-refractivity contribution in [2.75, 3.05) is 17.7 Å². The summed E-state index contributed by atoms with van der Waals surface area (Å²) in [6.45, 7) is 6.10. The van der Waals surface area contributed by atoms with Crippen LogP contribution in [0, 0.1) is 5.41 Å². The number of anilines is 2. The van der Waals surface area contributed by atoms with Gasteiger partial charge in [0.15, 0.2) is 0 Å². The Labute approximate surface area is 120 Å². The zero-order valence-electron chi connectivity index (χ0n) is 12.7. The Hall–Kier alpha value is -1.71. The zero-order valence-corrected chi connectivity index (χ0v) is 12.7. The molecule has 2 rings (SSSR count). The average Bonchev–Trinajstić information content (AvgIpc) is 2.68. The summed E-state index contributed by atoms with van der Waals surface area (Å²) in [6.07, 6.45) is 3.65. The topological polar surface area (TPSA) is 50.4 Å². The molecule has 1 fully saturated rings. The van der Waals surface area contributed by atoms with Gasteiger partial charge in [0.2, 0.25) is 5.91 Å². The summed E-state index contributed by atoms with van der Waals surface area (Å²) in [5.41, 5.74) is 2.02. The summed E-state index contributed by atoms with van der Waals surface area (Å²) < 4.78 is 5.41. The molecule has 1 aromatic carbocycles. The molecule has 4 nitrogen and oxygen atoms in total. The van der Waals surface area contributed by atoms with Crippen molar-refractivity contribution in [2.24, 2.45) is 5.41 Å². The molecular weight excluding hydrogens is 252 g/mol. The molecule has 1 aliphatic rings. The number of carbonyl (C=O) groups excluding carboxylic acids is 1. The highest BCUT2D eigenvalue weighted by Gasteiger charge is 2.34. The first-order valence-corrected chi connectivity index (χ1v) is 7.14. The van der Waals surface area contributed by atoms with Gasteiger partial charge in [-0.1, -0.05) is 20.3 Å². The highest BCUT2D eigenvalue weighted by atomic mass is 16.5. The van der Waals surface area contributed by atoms with Gasteiger partial charge in [-0.2, -0.15) is 0 Å². The molecule has 1 amide bonds. The molecule has 0 saturated heterocycles. The smallest absolute Gasteiger partial charge is 0.221 e. The molecule has 1 aromatic rings. The molecule has 0 spiro atoms. The van der Waals surface area contributed by atoms with Crippen molar-refractivity contribution in [1.29, 1.82) is 0 Å². The van der Waals surface area contributed by atoms with Crippen molar-refractivity contribution in [2.45, 2.75) is 46.1 Å². The third kappa shape index (κ3) is 3.24. The van der Waals surface area contributed by atoms with Gasteiger partial charge in [-0.15, -0.1) is 0 Å². The van der Waals surface area contributed by atoms with Gasteiger partial charge in [0.25, 0.3) is 0 Å². The van der Waals surface area contributed by atoms with Gasteiger partial charge >= 0.3 is 0 Å². The number of hydrogen-bond donors (Lipinski definition) is 2. The number of carbonyl (C=O) groups is 1. The quantitative estimate of drug-likeness (QED) is 0.882. The van der Waals surface area contributed by atoms with Crippen LogP contribution in [0.4, 0.5) is 11.4 Å². The number of methoxy groups -OCH3 is 1. The Kier molecular flexibility index (Phi) is 4.21. The van der Waals surface area contributed by atoms with E-state index in [2.05, 4.69) is 24.5 Å². The molecule has 1 unspecified atom stereocenters. The summed E-state index contributed by atoms with van der Waals surface area (Å²) in [6, 6.07) is 6.11. The van der Waals surface area contributed by atoms with Crippen LogP contribution < -0.4 is 15.4 Å². The van der Waals surface area contributed by atoms with E-state index in [-0.39, 0.29) is 11.3 Å². The predicted molar refractivity (Wildman–Crippen MR) is 82.3 cm³/mol. The van der Waals surface area contributed by atoms with Crippen molar-refractivity contribution in [3.8, 4) is 5.75 Å². The van der Waals surface area contributed by atoms with Crippen molar-refractivity contribution >= 4 is 17.3 Å². The van der Waals surface area contributed by atoms with Crippen molar-refractivity contribution in [3.63, 3.8) is 0 Å². The van der Waals surface area contributed by atoms with E-state index in [0.29, 0.717) is 6.04 Å². The van der Waals surface area contributed by atoms with E-state index in [1.54, 1.807) is 7.11 Å². The Bertz CT molecular complexity index is 497. The van der Waals surface area contributed by atoms with E-state index in [4.69, 9.17) is 4.74 Å². The molecule has 110 valence electrons. The predicted octanol–water partition coefficient (Wildman–Crippen LogP) is 3.64. The van der Waals surface area contributed by atoms with Gasteiger partial charge in [0.05, 0.1) is 12.8 Å². The third-order valence-electron chi connectivity index (χ3n) is 4.11. The first kappa shape index (κ1) is 14.7. The fraction of sp³-hybridized carbons (Fsp3) is 0.562. The Balaban J connectivity index is 2.22. The van der Waals surface area contributed by atoms with Crippen LogP contribution in [0.5, 0.6) is 5.75 Å². The molecule has 0 aromatic heterocycles. The van der Waals surface area contributed by atoms with Gasteiger partial charge in [-0.3, -0.25) is 4.79 Å². The van der Waals surface area contributed by atoms with Gasteiger partial charge in [0.1, 0.15) is 5.75 Å². The lowest BCUT2D eigenvalue weighted by Crippen LogP contribution is -2.31. The lowest BCUT2D eigenvalue weighted by molar-refractivity contribution is -0.114. The molecular formula is C16H24N2O2. The molecule has 1 saturated carbocycles. The lowest BCUT2D eigenvalue weighted by Gasteiger charge is -2.29. The Morgan fingerprint density at radius 1 is 1.40 bits per heavy atom. The van der Waals surface area contributed by atoms with Crippen LogP contribution in [-0.2, 0) is 4.79 Å². The fourth-order valence-electron chi connectivity index (χ4n) is 2.88. The van der Waals surface area contributed by atoms with Crippen LogP contribution in [0.25, 0.3) is 0 Å².